The van der Waals surface area contributed by atoms with Crippen LogP contribution < -0.4 is 20.5 Å². The van der Waals surface area contributed by atoms with Crippen LogP contribution in [0.2, 0.25) is 5.15 Å². The average Bonchev–Trinajstić information content (AvgIpc) is 3.15. The maximum absolute atomic E-state index is 12.5. The van der Waals surface area contributed by atoms with Crippen molar-refractivity contribution < 1.29 is 43.2 Å². The third-order valence-electron chi connectivity index (χ3n) is 10.3. The Balaban J connectivity index is 0.000000853. The lowest BCUT2D eigenvalue weighted by Gasteiger charge is -2.29. The smallest absolute Gasteiger partial charge is 0.367 e. The molecule has 4 rings (SSSR count). The van der Waals surface area contributed by atoms with Gasteiger partial charge in [0.15, 0.2) is 0 Å². The van der Waals surface area contributed by atoms with E-state index in [-0.39, 0.29) is 34.8 Å². The molecule has 0 aliphatic heterocycles. The van der Waals surface area contributed by atoms with Crippen LogP contribution in [0.25, 0.3) is 0 Å². The number of rotatable bonds is 13. The third-order valence-corrected chi connectivity index (χ3v) is 14.2. The summed E-state index contributed by atoms with van der Waals surface area (Å²) in [7, 11) is -6.34. The highest BCUT2D eigenvalue weighted by Crippen LogP contribution is 2.31. The van der Waals surface area contributed by atoms with Crippen molar-refractivity contribution in [1.29, 1.82) is 0 Å². The molecular formula is C40H69Cl2F6N7O4S2. The molecule has 21 heteroatoms. The molecule has 0 unspecified atom stereocenters. The molecule has 0 radical (unpaired) electrons. The molecule has 2 heterocycles. The first kappa shape index (κ1) is 59.0. The average molecular weight is 961 g/mol. The van der Waals surface area contributed by atoms with Crippen molar-refractivity contribution in [3.8, 4) is 0 Å². The third kappa shape index (κ3) is 23.5. The summed E-state index contributed by atoms with van der Waals surface area (Å²) in [5, 5.41) is 2.42. The van der Waals surface area contributed by atoms with Crippen LogP contribution in [-0.2, 0) is 32.4 Å². The van der Waals surface area contributed by atoms with Gasteiger partial charge in [-0.2, -0.15) is 26.3 Å². The van der Waals surface area contributed by atoms with E-state index >= 15 is 0 Å². The summed E-state index contributed by atoms with van der Waals surface area (Å²) in [6.45, 7) is 20.0. The highest BCUT2D eigenvalue weighted by molar-refractivity contribution is 7.90. The van der Waals surface area contributed by atoms with E-state index in [0.29, 0.717) is 49.1 Å². The summed E-state index contributed by atoms with van der Waals surface area (Å²) < 4.78 is 125. The zero-order valence-corrected chi connectivity index (χ0v) is 40.0. The van der Waals surface area contributed by atoms with Crippen molar-refractivity contribution in [1.82, 2.24) is 24.3 Å². The van der Waals surface area contributed by atoms with E-state index in [0.717, 1.165) is 82.3 Å². The minimum Gasteiger partial charge on any atom is -0.367 e. The standard InChI is InChI=1S/C16H24F3N3O2S.C10H22N2O2S.C8H19N.C6H3ClF3N.ClH/c1-11(2)25(23,24)21-9-12-3-6-14(7-4-12)22-15-8-5-13(10-20-15)16(17,18)19;1-8(2)15(13,14)12-7-9-3-5-10(11)6-4-9;1-6-9(7(2)3)8(4)5;7-5-2-1-4(3-11-5)6(8,9)10;/h5,8,10-12,14,21H,3-4,6-7,9H2,1-2H3,(H,20,22);8-10,12H,3-7,11H2,1-2H3;7-8H,6H2,1-5H3;1-3H;1H. The molecule has 0 amide bonds. The molecule has 61 heavy (non-hydrogen) atoms. The number of hydrogen-bond acceptors (Lipinski definition) is 9. The highest BCUT2D eigenvalue weighted by atomic mass is 35.5. The predicted molar refractivity (Wildman–Crippen MR) is 237 cm³/mol. The second-order valence-electron chi connectivity index (χ2n) is 16.3. The Morgan fingerprint density at radius 2 is 1.08 bits per heavy atom. The molecule has 2 fully saturated rings. The fourth-order valence-electron chi connectivity index (χ4n) is 6.43. The normalized spacial score (nSPS) is 19.9. The molecule has 2 aliphatic rings. The van der Waals surface area contributed by atoms with E-state index in [1.807, 2.05) is 0 Å². The second kappa shape index (κ2) is 27.4. The molecule has 5 N–H and O–H groups in total. The molecule has 0 aromatic carbocycles. The van der Waals surface area contributed by atoms with Crippen molar-refractivity contribution in [2.24, 2.45) is 17.6 Å². The SMILES string of the molecule is CC(C)S(=O)(=O)NCC1CCC(N)CC1.CC(C)S(=O)(=O)NCC1CCC(Nc2ccc(C(F)(F)F)cn2)CC1.CCN(C(C)C)C(C)C.Cl.FC(F)(F)c1ccc(Cl)nc1. The lowest BCUT2D eigenvalue weighted by molar-refractivity contribution is -0.138. The molecule has 0 spiro atoms. The summed E-state index contributed by atoms with van der Waals surface area (Å²) in [5.74, 6) is 1.18. The van der Waals surface area contributed by atoms with Gasteiger partial charge in [0, 0.05) is 49.7 Å². The van der Waals surface area contributed by atoms with Crippen molar-refractivity contribution in [2.75, 3.05) is 25.0 Å². The fourth-order valence-corrected chi connectivity index (χ4v) is 8.15. The Morgan fingerprint density at radius 1 is 0.689 bits per heavy atom. The van der Waals surface area contributed by atoms with Crippen LogP contribution in [0.4, 0.5) is 32.2 Å². The molecule has 0 saturated heterocycles. The Kier molecular flexibility index (Phi) is 26.5. The van der Waals surface area contributed by atoms with Gasteiger partial charge in [-0.05, 0) is 149 Å². The van der Waals surface area contributed by atoms with E-state index in [2.05, 4.69) is 64.2 Å². The summed E-state index contributed by atoms with van der Waals surface area (Å²) in [5.41, 5.74) is 4.23. The summed E-state index contributed by atoms with van der Waals surface area (Å²) in [4.78, 5) is 9.57. The van der Waals surface area contributed by atoms with E-state index < -0.39 is 48.8 Å². The van der Waals surface area contributed by atoms with Gasteiger partial charge in [0.1, 0.15) is 11.0 Å². The largest absolute Gasteiger partial charge is 0.417 e. The number of nitrogens with two attached hydrogens (primary N) is 1. The van der Waals surface area contributed by atoms with Crippen LogP contribution in [0.3, 0.4) is 0 Å². The van der Waals surface area contributed by atoms with Gasteiger partial charge in [-0.15, -0.1) is 12.4 Å². The number of nitrogens with zero attached hydrogens (tertiary/aromatic N) is 3. The van der Waals surface area contributed by atoms with Crippen LogP contribution >= 0.6 is 24.0 Å². The monoisotopic (exact) mass is 959 g/mol. The number of aromatic nitrogens is 2. The van der Waals surface area contributed by atoms with Crippen LogP contribution in [0, 0.1) is 11.8 Å². The molecular weight excluding hydrogens is 892 g/mol. The van der Waals surface area contributed by atoms with Gasteiger partial charge in [-0.25, -0.2) is 36.2 Å². The quantitative estimate of drug-likeness (QED) is 0.113. The van der Waals surface area contributed by atoms with Crippen LogP contribution in [-0.4, -0.2) is 86.0 Å². The highest BCUT2D eigenvalue weighted by Gasteiger charge is 2.32. The molecule has 2 aliphatic carbocycles. The van der Waals surface area contributed by atoms with Crippen LogP contribution in [0.15, 0.2) is 36.7 Å². The molecule has 2 saturated carbocycles. The maximum atomic E-state index is 12.5. The second-order valence-corrected chi connectivity index (χ2v) is 21.4. The zero-order chi connectivity index (χ0) is 46.1. The minimum atomic E-state index is -4.38. The van der Waals surface area contributed by atoms with E-state index in [4.69, 9.17) is 17.3 Å². The number of halogens is 8. The van der Waals surface area contributed by atoms with Gasteiger partial charge < -0.3 is 11.1 Å². The number of alkyl halides is 6. The van der Waals surface area contributed by atoms with Gasteiger partial charge in [-0.1, -0.05) is 18.5 Å². The van der Waals surface area contributed by atoms with Crippen molar-refractivity contribution in [3.05, 3.63) is 52.9 Å². The van der Waals surface area contributed by atoms with Gasteiger partial charge in [0.25, 0.3) is 0 Å². The molecule has 356 valence electrons. The van der Waals surface area contributed by atoms with E-state index in [1.54, 1.807) is 27.7 Å². The van der Waals surface area contributed by atoms with E-state index in [9.17, 15) is 43.2 Å². The van der Waals surface area contributed by atoms with Crippen LogP contribution in [0.1, 0.15) is 125 Å². The Hall–Kier alpha value is -2.00. The fraction of sp³-hybridized carbons (Fsp3) is 0.750. The molecule has 0 bridgehead atoms. The lowest BCUT2D eigenvalue weighted by atomic mass is 9.86. The zero-order valence-electron chi connectivity index (χ0n) is 36.8. The Bertz CT molecular complexity index is 1700. The summed E-state index contributed by atoms with van der Waals surface area (Å²) in [6.07, 6.45) is 0.318. The first-order valence-electron chi connectivity index (χ1n) is 20.6. The van der Waals surface area contributed by atoms with Crippen LogP contribution in [0.5, 0.6) is 0 Å². The van der Waals surface area contributed by atoms with Crippen molar-refractivity contribution >= 4 is 49.9 Å². The Morgan fingerprint density at radius 3 is 1.38 bits per heavy atom. The van der Waals surface area contributed by atoms with E-state index in [1.165, 1.54) is 6.07 Å². The number of sulfonamides is 2. The summed E-state index contributed by atoms with van der Waals surface area (Å²) in [6, 6.07) is 6.18. The maximum Gasteiger partial charge on any atom is 0.417 e. The first-order chi connectivity index (χ1) is 27.6. The number of anilines is 1. The van der Waals surface area contributed by atoms with Crippen molar-refractivity contribution in [2.45, 2.75) is 161 Å². The van der Waals surface area contributed by atoms with Gasteiger partial charge >= 0.3 is 12.4 Å². The summed E-state index contributed by atoms with van der Waals surface area (Å²) >= 11 is 5.28. The number of hydrogen-bond donors (Lipinski definition) is 4. The topological polar surface area (TPSA) is 159 Å². The minimum absolute atomic E-state index is 0. The number of pyridine rings is 2. The van der Waals surface area contributed by atoms with Gasteiger partial charge in [0.05, 0.1) is 21.6 Å². The van der Waals surface area contributed by atoms with Gasteiger partial charge in [0.2, 0.25) is 20.0 Å². The molecule has 11 nitrogen and oxygen atoms in total. The molecule has 0 atom stereocenters. The molecule has 2 aromatic heterocycles. The van der Waals surface area contributed by atoms with Gasteiger partial charge in [-0.3, -0.25) is 4.90 Å². The predicted octanol–water partition coefficient (Wildman–Crippen LogP) is 9.53. The lowest BCUT2D eigenvalue weighted by Crippen LogP contribution is -2.37. The Labute approximate surface area is 372 Å². The van der Waals surface area contributed by atoms with Crippen molar-refractivity contribution in [3.63, 3.8) is 0 Å². The molecule has 2 aromatic rings. The number of nitrogens with one attached hydrogen (secondary N) is 3. The first-order valence-corrected chi connectivity index (χ1v) is 24.0.